The Bertz CT molecular complexity index is 623. The van der Waals surface area contributed by atoms with Gasteiger partial charge < -0.3 is 10.0 Å². The Kier molecular flexibility index (Phi) is 3.62. The fraction of sp³-hybridized carbons (Fsp3) is 0.231. The van der Waals surface area contributed by atoms with Crippen LogP contribution in [-0.2, 0) is 0 Å². The Morgan fingerprint density at radius 3 is 2.45 bits per heavy atom. The second kappa shape index (κ2) is 5.22. The Labute approximate surface area is 114 Å². The highest BCUT2D eigenvalue weighted by molar-refractivity contribution is 6.23. The molecule has 7 heteroatoms. The molecule has 0 unspecified atom stereocenters. The van der Waals surface area contributed by atoms with Gasteiger partial charge in [-0.2, -0.15) is 0 Å². The number of aldehydes is 1. The molecule has 0 spiro atoms. The number of nitrogens with zero attached hydrogens (tertiary/aromatic N) is 1. The SMILES string of the molecule is CN(CCO)C(=O)c1cc2c(cc1C=O)C(=O)NC2=O. The molecule has 7 nitrogen and oxygen atoms in total. The minimum Gasteiger partial charge on any atom is -0.395 e. The fourth-order valence-electron chi connectivity index (χ4n) is 1.97. The van der Waals surface area contributed by atoms with Gasteiger partial charge in [-0.25, -0.2) is 0 Å². The molecule has 0 saturated carbocycles. The largest absolute Gasteiger partial charge is 0.395 e. The molecule has 104 valence electrons. The third-order valence-corrected chi connectivity index (χ3v) is 3.05. The zero-order valence-electron chi connectivity index (χ0n) is 10.7. The minimum absolute atomic E-state index is 0.0274. The summed E-state index contributed by atoms with van der Waals surface area (Å²) >= 11 is 0. The summed E-state index contributed by atoms with van der Waals surface area (Å²) in [6, 6.07) is 2.46. The van der Waals surface area contributed by atoms with Crippen LogP contribution in [0.5, 0.6) is 0 Å². The Morgan fingerprint density at radius 2 is 1.90 bits per heavy atom. The molecule has 3 amide bonds. The highest BCUT2D eigenvalue weighted by Crippen LogP contribution is 2.21. The number of carbonyl (C=O) groups is 4. The first-order chi connectivity index (χ1) is 9.49. The van der Waals surface area contributed by atoms with Crippen LogP contribution < -0.4 is 5.32 Å². The lowest BCUT2D eigenvalue weighted by atomic mass is 9.99. The van der Waals surface area contributed by atoms with E-state index in [-0.39, 0.29) is 35.4 Å². The van der Waals surface area contributed by atoms with Crippen LogP contribution in [-0.4, -0.2) is 54.2 Å². The van der Waals surface area contributed by atoms with E-state index in [4.69, 9.17) is 5.11 Å². The van der Waals surface area contributed by atoms with Crippen LogP contribution in [0.2, 0.25) is 0 Å². The molecule has 1 aromatic rings. The van der Waals surface area contributed by atoms with Crippen molar-refractivity contribution in [2.45, 2.75) is 0 Å². The van der Waals surface area contributed by atoms with Gasteiger partial charge in [0.05, 0.1) is 23.3 Å². The standard InChI is InChI=1S/C13H12N2O5/c1-15(2-3-16)13(20)8-5-10-9(4-7(8)6-17)11(18)14-12(10)19/h4-6,16H,2-3H2,1H3,(H,14,18,19). The van der Waals surface area contributed by atoms with Gasteiger partial charge in [0, 0.05) is 19.2 Å². The molecular formula is C13H12N2O5. The van der Waals surface area contributed by atoms with Crippen molar-refractivity contribution in [1.82, 2.24) is 10.2 Å². The number of imide groups is 1. The average Bonchev–Trinajstić information content (AvgIpc) is 2.71. The molecule has 1 aromatic carbocycles. The molecule has 1 aliphatic heterocycles. The number of rotatable bonds is 4. The molecule has 0 atom stereocenters. The summed E-state index contributed by atoms with van der Waals surface area (Å²) < 4.78 is 0. The van der Waals surface area contributed by atoms with Crippen molar-refractivity contribution in [3.8, 4) is 0 Å². The average molecular weight is 276 g/mol. The predicted molar refractivity (Wildman–Crippen MR) is 67.7 cm³/mol. The van der Waals surface area contributed by atoms with E-state index in [0.29, 0.717) is 6.29 Å². The number of aliphatic hydroxyl groups excluding tert-OH is 1. The first-order valence-electron chi connectivity index (χ1n) is 5.84. The van der Waals surface area contributed by atoms with Crippen LogP contribution in [0.15, 0.2) is 12.1 Å². The van der Waals surface area contributed by atoms with E-state index in [1.165, 1.54) is 24.1 Å². The van der Waals surface area contributed by atoms with Gasteiger partial charge in [0.2, 0.25) is 0 Å². The molecule has 2 N–H and O–H groups in total. The molecule has 1 aliphatic rings. The van der Waals surface area contributed by atoms with Crippen LogP contribution in [0.4, 0.5) is 0 Å². The van der Waals surface area contributed by atoms with Gasteiger partial charge in [-0.3, -0.25) is 24.5 Å². The highest BCUT2D eigenvalue weighted by atomic mass is 16.3. The van der Waals surface area contributed by atoms with E-state index < -0.39 is 17.7 Å². The highest BCUT2D eigenvalue weighted by Gasteiger charge is 2.30. The van der Waals surface area contributed by atoms with Crippen molar-refractivity contribution in [2.75, 3.05) is 20.2 Å². The third kappa shape index (κ3) is 2.19. The monoisotopic (exact) mass is 276 g/mol. The van der Waals surface area contributed by atoms with Crippen LogP contribution in [0, 0.1) is 0 Å². The Morgan fingerprint density at radius 1 is 1.30 bits per heavy atom. The lowest BCUT2D eigenvalue weighted by molar-refractivity contribution is 0.0763. The summed E-state index contributed by atoms with van der Waals surface area (Å²) in [4.78, 5) is 47.5. The van der Waals surface area contributed by atoms with Gasteiger partial charge in [0.1, 0.15) is 0 Å². The predicted octanol–water partition coefficient (Wildman–Crippen LogP) is -0.553. The molecule has 0 radical (unpaired) electrons. The molecular weight excluding hydrogens is 264 g/mol. The quantitative estimate of drug-likeness (QED) is 0.567. The van der Waals surface area contributed by atoms with E-state index in [1.54, 1.807) is 0 Å². The molecule has 0 fully saturated rings. The van der Waals surface area contributed by atoms with Crippen molar-refractivity contribution in [2.24, 2.45) is 0 Å². The molecule has 1 heterocycles. The summed E-state index contributed by atoms with van der Waals surface area (Å²) in [7, 11) is 1.46. The number of fused-ring (bicyclic) bond motifs is 1. The summed E-state index contributed by atoms with van der Waals surface area (Å²) in [6.07, 6.45) is 0.455. The van der Waals surface area contributed by atoms with Crippen LogP contribution in [0.25, 0.3) is 0 Å². The number of amides is 3. The summed E-state index contributed by atoms with van der Waals surface area (Å²) in [6.45, 7) is -0.123. The van der Waals surface area contributed by atoms with Crippen molar-refractivity contribution in [3.63, 3.8) is 0 Å². The molecule has 0 saturated heterocycles. The van der Waals surface area contributed by atoms with Crippen LogP contribution >= 0.6 is 0 Å². The lowest BCUT2D eigenvalue weighted by Gasteiger charge is -2.17. The Hall–Kier alpha value is -2.54. The van der Waals surface area contributed by atoms with E-state index in [0.717, 1.165) is 0 Å². The van der Waals surface area contributed by atoms with Gasteiger partial charge in [-0.1, -0.05) is 0 Å². The first kappa shape index (κ1) is 13.9. The molecule has 0 bridgehead atoms. The number of likely N-dealkylation sites (N-methyl/N-ethyl adjacent to an activating group) is 1. The number of benzene rings is 1. The minimum atomic E-state index is -0.596. The maximum atomic E-state index is 12.1. The van der Waals surface area contributed by atoms with Crippen molar-refractivity contribution >= 4 is 24.0 Å². The summed E-state index contributed by atoms with van der Waals surface area (Å²) in [5.41, 5.74) is 0.211. The van der Waals surface area contributed by atoms with Gasteiger partial charge >= 0.3 is 0 Å². The van der Waals surface area contributed by atoms with E-state index in [9.17, 15) is 19.2 Å². The van der Waals surface area contributed by atoms with Crippen molar-refractivity contribution in [1.29, 1.82) is 0 Å². The number of hydrogen-bond acceptors (Lipinski definition) is 5. The van der Waals surface area contributed by atoms with Crippen LogP contribution in [0.3, 0.4) is 0 Å². The van der Waals surface area contributed by atoms with Crippen LogP contribution in [0.1, 0.15) is 41.4 Å². The third-order valence-electron chi connectivity index (χ3n) is 3.05. The van der Waals surface area contributed by atoms with Gasteiger partial charge in [0.15, 0.2) is 6.29 Å². The molecule has 0 aliphatic carbocycles. The van der Waals surface area contributed by atoms with E-state index >= 15 is 0 Å². The second-order valence-electron chi connectivity index (χ2n) is 4.34. The zero-order chi connectivity index (χ0) is 14.9. The number of hydrogen-bond donors (Lipinski definition) is 2. The van der Waals surface area contributed by atoms with Gasteiger partial charge in [-0.05, 0) is 12.1 Å². The molecule has 20 heavy (non-hydrogen) atoms. The van der Waals surface area contributed by atoms with Gasteiger partial charge in [0.25, 0.3) is 17.7 Å². The normalized spacial score (nSPS) is 12.9. The summed E-state index contributed by atoms with van der Waals surface area (Å²) in [5.74, 6) is -1.69. The van der Waals surface area contributed by atoms with E-state index in [1.807, 2.05) is 0 Å². The van der Waals surface area contributed by atoms with E-state index in [2.05, 4.69) is 5.32 Å². The zero-order valence-corrected chi connectivity index (χ0v) is 10.7. The topological polar surface area (TPSA) is 104 Å². The van der Waals surface area contributed by atoms with Crippen molar-refractivity contribution < 1.29 is 24.3 Å². The molecule has 0 aromatic heterocycles. The first-order valence-corrected chi connectivity index (χ1v) is 5.84. The molecule has 2 rings (SSSR count). The number of carbonyl (C=O) groups excluding carboxylic acids is 4. The number of nitrogens with one attached hydrogen (secondary N) is 1. The lowest BCUT2D eigenvalue weighted by Crippen LogP contribution is -2.30. The maximum absolute atomic E-state index is 12.1. The summed E-state index contributed by atoms with van der Waals surface area (Å²) in [5, 5.41) is 10.9. The smallest absolute Gasteiger partial charge is 0.258 e. The van der Waals surface area contributed by atoms with Crippen molar-refractivity contribution in [3.05, 3.63) is 34.4 Å². The number of aliphatic hydroxyl groups is 1. The maximum Gasteiger partial charge on any atom is 0.258 e. The van der Waals surface area contributed by atoms with Gasteiger partial charge in [-0.15, -0.1) is 0 Å². The fourth-order valence-corrected chi connectivity index (χ4v) is 1.97. The second-order valence-corrected chi connectivity index (χ2v) is 4.34. The Balaban J connectivity index is 2.52.